The number of benzene rings is 1. The van der Waals surface area contributed by atoms with E-state index in [2.05, 4.69) is 5.32 Å². The lowest BCUT2D eigenvalue weighted by Gasteiger charge is -2.26. The van der Waals surface area contributed by atoms with Crippen LogP contribution < -0.4 is 5.32 Å². The van der Waals surface area contributed by atoms with Crippen LogP contribution in [-0.2, 0) is 0 Å². The van der Waals surface area contributed by atoms with Crippen molar-refractivity contribution >= 4 is 5.70 Å². The van der Waals surface area contributed by atoms with Gasteiger partial charge in [-0.2, -0.15) is 4.39 Å². The summed E-state index contributed by atoms with van der Waals surface area (Å²) in [7, 11) is 1.75. The minimum absolute atomic E-state index is 0.864. The van der Waals surface area contributed by atoms with Crippen molar-refractivity contribution in [3.8, 4) is 0 Å². The van der Waals surface area contributed by atoms with Crippen molar-refractivity contribution in [3.05, 3.63) is 41.6 Å². The number of allylic oxidation sites excluding steroid dienone is 1. The number of hydrogen-bond donors (Lipinski definition) is 1. The molecule has 0 saturated carbocycles. The smallest absolute Gasteiger partial charge is 0.254 e. The lowest BCUT2D eigenvalue weighted by molar-refractivity contribution is 0.0272. The van der Waals surface area contributed by atoms with Gasteiger partial charge in [0.2, 0.25) is 0 Å². The Balaban J connectivity index is 2.40. The average molecular weight is 206 g/mol. The van der Waals surface area contributed by atoms with Crippen LogP contribution in [0.1, 0.15) is 19.4 Å². The molecular weight excluding hydrogens is 191 g/mol. The number of nitrogens with zero attached hydrogens (tertiary/aromatic N) is 1. The van der Waals surface area contributed by atoms with Gasteiger partial charge in [-0.1, -0.05) is 30.3 Å². The molecule has 1 heterocycles. The van der Waals surface area contributed by atoms with Gasteiger partial charge in [0.05, 0.1) is 5.70 Å². The highest BCUT2D eigenvalue weighted by molar-refractivity contribution is 5.68. The summed E-state index contributed by atoms with van der Waals surface area (Å²) in [4.78, 5) is 1.61. The standard InChI is InChI=1S/C12H15FN2/c1-9-11(10-7-5-4-6-8-10)14-12(2,13)15(9)3/h4-8,14H,1-3H3. The molecule has 0 bridgehead atoms. The molecule has 0 aliphatic carbocycles. The monoisotopic (exact) mass is 206 g/mol. The third-order valence-corrected chi connectivity index (χ3v) is 2.91. The lowest BCUT2D eigenvalue weighted by Crippen LogP contribution is -2.43. The predicted octanol–water partition coefficient (Wildman–Crippen LogP) is 2.55. The second-order valence-corrected chi connectivity index (χ2v) is 3.96. The Labute approximate surface area is 89.4 Å². The zero-order valence-electron chi connectivity index (χ0n) is 9.21. The zero-order chi connectivity index (χ0) is 11.1. The van der Waals surface area contributed by atoms with Crippen LogP contribution in [0.5, 0.6) is 0 Å². The number of nitrogens with one attached hydrogen (secondary N) is 1. The van der Waals surface area contributed by atoms with E-state index in [1.165, 1.54) is 6.92 Å². The van der Waals surface area contributed by atoms with Gasteiger partial charge in [0.15, 0.2) is 0 Å². The number of halogens is 1. The first-order chi connectivity index (χ1) is 7.02. The van der Waals surface area contributed by atoms with Gasteiger partial charge < -0.3 is 10.2 Å². The third-order valence-electron chi connectivity index (χ3n) is 2.91. The molecule has 1 atom stereocenters. The van der Waals surface area contributed by atoms with Gasteiger partial charge in [0, 0.05) is 19.7 Å². The van der Waals surface area contributed by atoms with Crippen LogP contribution in [0.2, 0.25) is 0 Å². The van der Waals surface area contributed by atoms with E-state index in [4.69, 9.17) is 0 Å². The van der Waals surface area contributed by atoms with Crippen molar-refractivity contribution in [2.75, 3.05) is 7.05 Å². The van der Waals surface area contributed by atoms with E-state index < -0.39 is 5.92 Å². The molecule has 80 valence electrons. The van der Waals surface area contributed by atoms with Crippen molar-refractivity contribution in [2.24, 2.45) is 0 Å². The second-order valence-electron chi connectivity index (χ2n) is 3.96. The van der Waals surface area contributed by atoms with Crippen molar-refractivity contribution in [3.63, 3.8) is 0 Å². The van der Waals surface area contributed by atoms with E-state index in [9.17, 15) is 4.39 Å². The van der Waals surface area contributed by atoms with Gasteiger partial charge in [0.1, 0.15) is 0 Å². The maximum atomic E-state index is 14.0. The van der Waals surface area contributed by atoms with Crippen molar-refractivity contribution in [2.45, 2.75) is 19.8 Å². The molecule has 0 radical (unpaired) electrons. The summed E-state index contributed by atoms with van der Waals surface area (Å²) in [5.74, 6) is -1.49. The fourth-order valence-corrected chi connectivity index (χ4v) is 1.77. The first kappa shape index (κ1) is 10.0. The molecule has 1 aromatic carbocycles. The second kappa shape index (κ2) is 3.26. The summed E-state index contributed by atoms with van der Waals surface area (Å²) in [5, 5.41) is 2.88. The highest BCUT2D eigenvalue weighted by Gasteiger charge is 2.37. The fraction of sp³-hybridized carbons (Fsp3) is 0.333. The SMILES string of the molecule is CC1=C(c2ccccc2)NC(C)(F)N1C. The molecule has 0 amide bonds. The zero-order valence-corrected chi connectivity index (χ0v) is 9.21. The Morgan fingerprint density at radius 3 is 2.33 bits per heavy atom. The maximum Gasteiger partial charge on any atom is 0.254 e. The van der Waals surface area contributed by atoms with Crippen LogP contribution in [0.25, 0.3) is 5.70 Å². The van der Waals surface area contributed by atoms with Crippen LogP contribution in [0.15, 0.2) is 36.0 Å². The summed E-state index contributed by atoms with van der Waals surface area (Å²) in [5.41, 5.74) is 2.80. The van der Waals surface area contributed by atoms with Crippen molar-refractivity contribution < 1.29 is 4.39 Å². The topological polar surface area (TPSA) is 15.3 Å². The Bertz CT molecular complexity index is 395. The molecule has 0 saturated heterocycles. The van der Waals surface area contributed by atoms with Gasteiger partial charge in [0.25, 0.3) is 5.92 Å². The van der Waals surface area contributed by atoms with E-state index in [0.29, 0.717) is 0 Å². The number of rotatable bonds is 1. The molecule has 0 fully saturated rings. The summed E-state index contributed by atoms with van der Waals surface area (Å²) < 4.78 is 14.0. The maximum absolute atomic E-state index is 14.0. The van der Waals surface area contributed by atoms with Crippen LogP contribution in [0.4, 0.5) is 4.39 Å². The molecule has 15 heavy (non-hydrogen) atoms. The summed E-state index contributed by atoms with van der Waals surface area (Å²) >= 11 is 0. The summed E-state index contributed by atoms with van der Waals surface area (Å²) in [6.07, 6.45) is 0. The van der Waals surface area contributed by atoms with E-state index in [1.807, 2.05) is 37.3 Å². The largest absolute Gasteiger partial charge is 0.335 e. The van der Waals surface area contributed by atoms with Gasteiger partial charge in [-0.15, -0.1) is 0 Å². The average Bonchev–Trinajstić information content (AvgIpc) is 2.44. The molecule has 1 aliphatic rings. The Morgan fingerprint density at radius 1 is 1.27 bits per heavy atom. The first-order valence-corrected chi connectivity index (χ1v) is 4.99. The first-order valence-electron chi connectivity index (χ1n) is 4.99. The molecule has 2 rings (SSSR count). The third kappa shape index (κ3) is 1.58. The molecule has 1 N–H and O–H groups in total. The van der Waals surface area contributed by atoms with E-state index in [0.717, 1.165) is 17.0 Å². The fourth-order valence-electron chi connectivity index (χ4n) is 1.77. The minimum Gasteiger partial charge on any atom is -0.335 e. The quantitative estimate of drug-likeness (QED) is 0.710. The highest BCUT2D eigenvalue weighted by atomic mass is 19.1. The number of alkyl halides is 1. The van der Waals surface area contributed by atoms with Crippen molar-refractivity contribution in [1.29, 1.82) is 0 Å². The summed E-state index contributed by atoms with van der Waals surface area (Å²) in [6.45, 7) is 3.44. The van der Waals surface area contributed by atoms with Crippen LogP contribution in [0.3, 0.4) is 0 Å². The molecule has 1 unspecified atom stereocenters. The highest BCUT2D eigenvalue weighted by Crippen LogP contribution is 2.32. The molecule has 2 nitrogen and oxygen atoms in total. The van der Waals surface area contributed by atoms with E-state index in [-0.39, 0.29) is 0 Å². The van der Waals surface area contributed by atoms with Gasteiger partial charge in [-0.3, -0.25) is 0 Å². The van der Waals surface area contributed by atoms with E-state index >= 15 is 0 Å². The normalized spacial score (nSPS) is 25.7. The molecule has 1 aromatic rings. The molecule has 0 aromatic heterocycles. The minimum atomic E-state index is -1.49. The molecule has 3 heteroatoms. The van der Waals surface area contributed by atoms with Crippen LogP contribution in [0, 0.1) is 0 Å². The molecule has 0 spiro atoms. The number of hydrogen-bond acceptors (Lipinski definition) is 2. The van der Waals surface area contributed by atoms with E-state index in [1.54, 1.807) is 11.9 Å². The van der Waals surface area contributed by atoms with Gasteiger partial charge >= 0.3 is 0 Å². The Hall–Kier alpha value is -1.51. The Kier molecular flexibility index (Phi) is 2.18. The predicted molar refractivity (Wildman–Crippen MR) is 59.4 cm³/mol. The van der Waals surface area contributed by atoms with Crippen LogP contribution in [-0.4, -0.2) is 17.9 Å². The van der Waals surface area contributed by atoms with Crippen LogP contribution >= 0.6 is 0 Å². The molecular formula is C12H15FN2. The molecule has 1 aliphatic heterocycles. The lowest BCUT2D eigenvalue weighted by atomic mass is 10.1. The Morgan fingerprint density at radius 2 is 1.87 bits per heavy atom. The van der Waals surface area contributed by atoms with Gasteiger partial charge in [-0.25, -0.2) is 0 Å². The summed E-state index contributed by atoms with van der Waals surface area (Å²) in [6, 6.07) is 9.80. The van der Waals surface area contributed by atoms with Gasteiger partial charge in [-0.05, 0) is 12.5 Å². The van der Waals surface area contributed by atoms with Crippen molar-refractivity contribution in [1.82, 2.24) is 10.2 Å².